The Hall–Kier alpha value is -2.11. The molecule has 1 atom stereocenters. The van der Waals surface area contributed by atoms with Crippen molar-refractivity contribution in [3.8, 4) is 0 Å². The van der Waals surface area contributed by atoms with Gasteiger partial charge in [0.05, 0.1) is 6.33 Å². The molecule has 0 aliphatic carbocycles. The second-order valence-corrected chi connectivity index (χ2v) is 5.00. The summed E-state index contributed by atoms with van der Waals surface area (Å²) in [6, 6.07) is -0.212. The van der Waals surface area contributed by atoms with E-state index < -0.39 is 0 Å². The van der Waals surface area contributed by atoms with Gasteiger partial charge in [-0.1, -0.05) is 0 Å². The highest BCUT2D eigenvalue weighted by molar-refractivity contribution is 5.79. The Balaban J connectivity index is 1.81. The number of hydrogen-bond donors (Lipinski definition) is 0. The topological polar surface area (TPSA) is 56.0 Å². The molecule has 0 bridgehead atoms. The van der Waals surface area contributed by atoms with Crippen LogP contribution in [0.3, 0.4) is 0 Å². The molecule has 1 unspecified atom stereocenters. The fourth-order valence-electron chi connectivity index (χ4n) is 2.17. The molecule has 0 aromatic carbocycles. The first kappa shape index (κ1) is 14.3. The number of aryl methyl sites for hydroxylation is 2. The Morgan fingerprint density at radius 2 is 2.20 bits per heavy atom. The molecule has 6 heteroatoms. The summed E-state index contributed by atoms with van der Waals surface area (Å²) in [4.78, 5) is 22.3. The first-order chi connectivity index (χ1) is 9.59. The zero-order valence-electron chi connectivity index (χ0n) is 12.2. The van der Waals surface area contributed by atoms with E-state index in [0.717, 1.165) is 25.2 Å². The third kappa shape index (κ3) is 3.26. The van der Waals surface area contributed by atoms with Crippen molar-refractivity contribution in [2.45, 2.75) is 25.8 Å². The molecule has 0 radical (unpaired) electrons. The van der Waals surface area contributed by atoms with Gasteiger partial charge in [-0.25, -0.2) is 9.97 Å². The molecular weight excluding hydrogens is 254 g/mol. The predicted molar refractivity (Wildman–Crippen MR) is 76.1 cm³/mol. The number of carbonyl (C=O) groups is 1. The van der Waals surface area contributed by atoms with Gasteiger partial charge in [0.1, 0.15) is 11.9 Å². The highest BCUT2D eigenvalue weighted by atomic mass is 16.2. The minimum absolute atomic E-state index is 0.0999. The average Bonchev–Trinajstić information content (AvgIpc) is 3.09. The third-order valence-electron chi connectivity index (χ3n) is 3.52. The van der Waals surface area contributed by atoms with Crippen molar-refractivity contribution in [3.63, 3.8) is 0 Å². The summed E-state index contributed by atoms with van der Waals surface area (Å²) in [7, 11) is 3.83. The monoisotopic (exact) mass is 275 g/mol. The quantitative estimate of drug-likeness (QED) is 0.797. The van der Waals surface area contributed by atoms with E-state index in [4.69, 9.17) is 0 Å². The van der Waals surface area contributed by atoms with Gasteiger partial charge in [0.15, 0.2) is 0 Å². The number of rotatable bonds is 6. The van der Waals surface area contributed by atoms with Gasteiger partial charge in [0.2, 0.25) is 5.91 Å². The van der Waals surface area contributed by atoms with Gasteiger partial charge in [-0.2, -0.15) is 0 Å². The van der Waals surface area contributed by atoms with Crippen molar-refractivity contribution < 1.29 is 4.79 Å². The number of carbonyl (C=O) groups excluding carboxylic acids is 1. The van der Waals surface area contributed by atoms with Gasteiger partial charge >= 0.3 is 0 Å². The summed E-state index contributed by atoms with van der Waals surface area (Å²) in [6.45, 7) is 2.62. The maximum atomic E-state index is 12.3. The molecule has 0 saturated carbocycles. The van der Waals surface area contributed by atoms with E-state index in [2.05, 4.69) is 9.97 Å². The average molecular weight is 275 g/mol. The SMILES string of the molecule is CC(C(=O)N(C)CCCc1nccn1C)n1ccnc1. The number of aromatic nitrogens is 4. The van der Waals surface area contributed by atoms with Crippen LogP contribution in [0.5, 0.6) is 0 Å². The van der Waals surface area contributed by atoms with Crippen LogP contribution in [0.1, 0.15) is 25.2 Å². The molecule has 108 valence electrons. The fraction of sp³-hybridized carbons (Fsp3) is 0.500. The Morgan fingerprint density at radius 1 is 1.40 bits per heavy atom. The number of imidazole rings is 2. The fourth-order valence-corrected chi connectivity index (χ4v) is 2.17. The summed E-state index contributed by atoms with van der Waals surface area (Å²) >= 11 is 0. The van der Waals surface area contributed by atoms with Crippen LogP contribution in [-0.4, -0.2) is 43.5 Å². The van der Waals surface area contributed by atoms with Crippen molar-refractivity contribution in [2.75, 3.05) is 13.6 Å². The molecule has 0 fully saturated rings. The van der Waals surface area contributed by atoms with Gasteiger partial charge < -0.3 is 14.0 Å². The summed E-state index contributed by atoms with van der Waals surface area (Å²) in [5.74, 6) is 1.15. The van der Waals surface area contributed by atoms with E-state index >= 15 is 0 Å². The molecule has 0 aliphatic heterocycles. The molecule has 2 aromatic rings. The van der Waals surface area contributed by atoms with E-state index in [1.165, 1.54) is 0 Å². The van der Waals surface area contributed by atoms with E-state index in [1.807, 2.05) is 42.5 Å². The summed E-state index contributed by atoms with van der Waals surface area (Å²) in [6.07, 6.45) is 10.7. The Morgan fingerprint density at radius 3 is 2.80 bits per heavy atom. The van der Waals surface area contributed by atoms with Crippen molar-refractivity contribution in [1.82, 2.24) is 24.0 Å². The van der Waals surface area contributed by atoms with Crippen LogP contribution in [0.15, 0.2) is 31.1 Å². The minimum atomic E-state index is -0.212. The number of likely N-dealkylation sites (N-methyl/N-ethyl adjacent to an activating group) is 1. The van der Waals surface area contributed by atoms with E-state index in [9.17, 15) is 4.79 Å². The molecule has 0 N–H and O–H groups in total. The number of amides is 1. The van der Waals surface area contributed by atoms with Crippen LogP contribution in [0, 0.1) is 0 Å². The lowest BCUT2D eigenvalue weighted by Gasteiger charge is -2.22. The Kier molecular flexibility index (Phi) is 4.55. The Bertz CT molecular complexity index is 546. The van der Waals surface area contributed by atoms with Gasteiger partial charge in [0.25, 0.3) is 0 Å². The van der Waals surface area contributed by atoms with Gasteiger partial charge in [-0.3, -0.25) is 4.79 Å². The summed E-state index contributed by atoms with van der Waals surface area (Å²) in [5, 5.41) is 0. The van der Waals surface area contributed by atoms with Gasteiger partial charge in [-0.15, -0.1) is 0 Å². The van der Waals surface area contributed by atoms with Gasteiger partial charge in [-0.05, 0) is 13.3 Å². The van der Waals surface area contributed by atoms with Gasteiger partial charge in [0, 0.05) is 51.8 Å². The molecule has 6 nitrogen and oxygen atoms in total. The molecule has 0 spiro atoms. The second kappa shape index (κ2) is 6.36. The van der Waals surface area contributed by atoms with Crippen molar-refractivity contribution >= 4 is 5.91 Å². The molecule has 20 heavy (non-hydrogen) atoms. The predicted octanol–water partition coefficient (Wildman–Crippen LogP) is 1.27. The highest BCUT2D eigenvalue weighted by Gasteiger charge is 2.18. The van der Waals surface area contributed by atoms with Crippen LogP contribution >= 0.6 is 0 Å². The molecular formula is C14H21N5O. The van der Waals surface area contributed by atoms with Crippen LogP contribution in [0.2, 0.25) is 0 Å². The molecule has 0 aliphatic rings. The molecule has 2 heterocycles. The molecule has 2 rings (SSSR count). The second-order valence-electron chi connectivity index (χ2n) is 5.00. The molecule has 0 saturated heterocycles. The summed E-state index contributed by atoms with van der Waals surface area (Å²) in [5.41, 5.74) is 0. The van der Waals surface area contributed by atoms with E-state index in [0.29, 0.717) is 0 Å². The zero-order valence-corrected chi connectivity index (χ0v) is 12.2. The van der Waals surface area contributed by atoms with E-state index in [1.54, 1.807) is 23.6 Å². The van der Waals surface area contributed by atoms with Crippen LogP contribution in [0.4, 0.5) is 0 Å². The maximum Gasteiger partial charge on any atom is 0.245 e. The normalized spacial score (nSPS) is 12.3. The number of nitrogens with zero attached hydrogens (tertiary/aromatic N) is 5. The first-order valence-corrected chi connectivity index (χ1v) is 6.78. The standard InChI is InChI=1S/C14H21N5O/c1-12(19-10-6-15-11-19)14(20)18(3)8-4-5-13-16-7-9-17(13)2/h6-7,9-12H,4-5,8H2,1-3H3. The van der Waals surface area contributed by atoms with Crippen molar-refractivity contribution in [3.05, 3.63) is 36.9 Å². The van der Waals surface area contributed by atoms with Crippen molar-refractivity contribution in [2.24, 2.45) is 7.05 Å². The first-order valence-electron chi connectivity index (χ1n) is 6.78. The molecule has 2 aromatic heterocycles. The zero-order chi connectivity index (χ0) is 14.5. The Labute approximate surface area is 119 Å². The smallest absolute Gasteiger partial charge is 0.245 e. The third-order valence-corrected chi connectivity index (χ3v) is 3.52. The maximum absolute atomic E-state index is 12.3. The van der Waals surface area contributed by atoms with Crippen LogP contribution in [0.25, 0.3) is 0 Å². The van der Waals surface area contributed by atoms with E-state index in [-0.39, 0.29) is 11.9 Å². The number of hydrogen-bond acceptors (Lipinski definition) is 3. The highest BCUT2D eigenvalue weighted by Crippen LogP contribution is 2.09. The largest absolute Gasteiger partial charge is 0.344 e. The minimum Gasteiger partial charge on any atom is -0.344 e. The van der Waals surface area contributed by atoms with Crippen molar-refractivity contribution in [1.29, 1.82) is 0 Å². The molecule has 1 amide bonds. The lowest BCUT2D eigenvalue weighted by atomic mass is 10.2. The van der Waals surface area contributed by atoms with Crippen LogP contribution < -0.4 is 0 Å². The van der Waals surface area contributed by atoms with Crippen LogP contribution in [-0.2, 0) is 18.3 Å². The lowest BCUT2D eigenvalue weighted by Crippen LogP contribution is -2.33. The summed E-state index contributed by atoms with van der Waals surface area (Å²) < 4.78 is 3.83. The lowest BCUT2D eigenvalue weighted by molar-refractivity contribution is -0.133.